The molecule has 0 unspecified atom stereocenters. The van der Waals surface area contributed by atoms with Gasteiger partial charge in [0.25, 0.3) is 11.6 Å². The van der Waals surface area contributed by atoms with Crippen molar-refractivity contribution in [1.29, 1.82) is 0 Å². The number of aryl methyl sites for hydroxylation is 1. The van der Waals surface area contributed by atoms with Crippen molar-refractivity contribution in [2.24, 2.45) is 5.92 Å². The summed E-state index contributed by atoms with van der Waals surface area (Å²) in [5.41, 5.74) is 1.71. The zero-order valence-electron chi connectivity index (χ0n) is 21.9. The fourth-order valence-corrected chi connectivity index (χ4v) is 3.88. The van der Waals surface area contributed by atoms with Crippen LogP contribution in [0.15, 0.2) is 48.5 Å². The lowest BCUT2D eigenvalue weighted by molar-refractivity contribution is -0.385. The van der Waals surface area contributed by atoms with Crippen molar-refractivity contribution in [3.63, 3.8) is 0 Å². The second kappa shape index (κ2) is 11.1. The lowest BCUT2D eigenvalue weighted by atomic mass is 9.92. The first-order valence-electron chi connectivity index (χ1n) is 12.0. The van der Waals surface area contributed by atoms with E-state index in [1.165, 1.54) is 17.0 Å². The number of nitrogens with one attached hydrogen (secondary N) is 1. The summed E-state index contributed by atoms with van der Waals surface area (Å²) in [6, 6.07) is 13.2. The molecule has 0 saturated heterocycles. The van der Waals surface area contributed by atoms with E-state index in [1.54, 1.807) is 41.9 Å². The number of carbonyl (C=O) groups excluding carboxylic acids is 2. The molecule has 10 heteroatoms. The van der Waals surface area contributed by atoms with Crippen molar-refractivity contribution >= 4 is 34.9 Å². The highest BCUT2D eigenvalue weighted by molar-refractivity contribution is 6.30. The predicted molar refractivity (Wildman–Crippen MR) is 144 cm³/mol. The summed E-state index contributed by atoms with van der Waals surface area (Å²) in [7, 11) is 0. The fraction of sp³-hybridized carbons (Fsp3) is 0.370. The number of carbonyl (C=O) groups is 2. The summed E-state index contributed by atoms with van der Waals surface area (Å²) in [6.45, 7) is 11.6. The van der Waals surface area contributed by atoms with Gasteiger partial charge >= 0.3 is 0 Å². The summed E-state index contributed by atoms with van der Waals surface area (Å²) in [4.78, 5) is 38.7. The highest BCUT2D eigenvalue weighted by atomic mass is 35.5. The Hall–Kier alpha value is -3.72. The van der Waals surface area contributed by atoms with Crippen LogP contribution in [0.1, 0.15) is 56.2 Å². The van der Waals surface area contributed by atoms with Gasteiger partial charge < -0.3 is 10.2 Å². The minimum absolute atomic E-state index is 0.0734. The SMILES string of the molecule is Cc1ccc(C(=O)N(CC(=O)Nc2cc(C(C)(C)C)nn2-c2ccc(Cl)cc2)CC(C)C)cc1[N+](=O)[O-]. The molecular weight excluding hydrogens is 494 g/mol. The molecular formula is C27H32ClN5O4. The molecule has 2 amide bonds. The topological polar surface area (TPSA) is 110 Å². The van der Waals surface area contributed by atoms with E-state index in [2.05, 4.69) is 5.32 Å². The average molecular weight is 526 g/mol. The van der Waals surface area contributed by atoms with Crippen molar-refractivity contribution in [1.82, 2.24) is 14.7 Å². The van der Waals surface area contributed by atoms with Crippen molar-refractivity contribution in [3.8, 4) is 5.69 Å². The number of benzene rings is 2. The number of hydrogen-bond acceptors (Lipinski definition) is 5. The van der Waals surface area contributed by atoms with Gasteiger partial charge in [0.15, 0.2) is 0 Å². The smallest absolute Gasteiger partial charge is 0.273 e. The first kappa shape index (κ1) is 27.9. The molecule has 3 rings (SSSR count). The Balaban J connectivity index is 1.89. The van der Waals surface area contributed by atoms with Gasteiger partial charge in [-0.15, -0.1) is 0 Å². The average Bonchev–Trinajstić information content (AvgIpc) is 3.22. The van der Waals surface area contributed by atoms with E-state index in [4.69, 9.17) is 16.7 Å². The van der Waals surface area contributed by atoms with E-state index in [0.29, 0.717) is 22.9 Å². The standard InChI is InChI=1S/C27H32ClN5O4/c1-17(2)15-31(26(35)19-8-7-18(3)22(13-19)33(36)37)16-25(34)29-24-14-23(27(4,5)6)30-32(24)21-11-9-20(28)10-12-21/h7-14,17H,15-16H2,1-6H3,(H,29,34). The van der Waals surface area contributed by atoms with E-state index >= 15 is 0 Å². The van der Waals surface area contributed by atoms with Gasteiger partial charge in [-0.1, -0.05) is 52.3 Å². The number of rotatable bonds is 8. The zero-order valence-corrected chi connectivity index (χ0v) is 22.7. The normalized spacial score (nSPS) is 11.5. The number of nitro groups is 1. The Morgan fingerprint density at radius 3 is 2.35 bits per heavy atom. The summed E-state index contributed by atoms with van der Waals surface area (Å²) in [5.74, 6) is -0.329. The van der Waals surface area contributed by atoms with E-state index in [-0.39, 0.29) is 29.1 Å². The number of halogens is 1. The molecule has 0 aliphatic carbocycles. The lowest BCUT2D eigenvalue weighted by Crippen LogP contribution is -2.40. The van der Waals surface area contributed by atoms with Crippen LogP contribution in [-0.2, 0) is 10.2 Å². The second-order valence-electron chi connectivity index (χ2n) is 10.4. The van der Waals surface area contributed by atoms with Crippen LogP contribution in [0.5, 0.6) is 0 Å². The molecule has 0 spiro atoms. The van der Waals surface area contributed by atoms with Crippen molar-refractivity contribution in [2.45, 2.75) is 47.0 Å². The molecule has 0 radical (unpaired) electrons. The van der Waals surface area contributed by atoms with Gasteiger partial charge in [0.05, 0.1) is 16.3 Å². The monoisotopic (exact) mass is 525 g/mol. The van der Waals surface area contributed by atoms with Crippen molar-refractivity contribution < 1.29 is 14.5 Å². The third-order valence-electron chi connectivity index (χ3n) is 5.68. The van der Waals surface area contributed by atoms with Crippen LogP contribution in [0.2, 0.25) is 5.02 Å². The van der Waals surface area contributed by atoms with E-state index in [9.17, 15) is 19.7 Å². The molecule has 1 heterocycles. The maximum absolute atomic E-state index is 13.3. The predicted octanol–water partition coefficient (Wildman–Crippen LogP) is 5.78. The summed E-state index contributed by atoms with van der Waals surface area (Å²) >= 11 is 6.04. The molecule has 0 atom stereocenters. The van der Waals surface area contributed by atoms with Crippen LogP contribution in [-0.4, -0.2) is 44.5 Å². The van der Waals surface area contributed by atoms with E-state index in [0.717, 1.165) is 11.4 Å². The molecule has 3 aromatic rings. The molecule has 0 fully saturated rings. The summed E-state index contributed by atoms with van der Waals surface area (Å²) < 4.78 is 1.63. The van der Waals surface area contributed by atoms with Crippen LogP contribution in [0.3, 0.4) is 0 Å². The Kier molecular flexibility index (Phi) is 8.38. The minimum Gasteiger partial charge on any atom is -0.329 e. The second-order valence-corrected chi connectivity index (χ2v) is 10.9. The van der Waals surface area contributed by atoms with Gasteiger partial charge in [0.1, 0.15) is 12.4 Å². The largest absolute Gasteiger partial charge is 0.329 e. The van der Waals surface area contributed by atoms with Gasteiger partial charge in [0, 0.05) is 40.2 Å². The van der Waals surface area contributed by atoms with Gasteiger partial charge in [-0.25, -0.2) is 4.68 Å². The van der Waals surface area contributed by atoms with Gasteiger partial charge in [-0.05, 0) is 43.2 Å². The van der Waals surface area contributed by atoms with Crippen LogP contribution < -0.4 is 5.32 Å². The van der Waals surface area contributed by atoms with Crippen LogP contribution in [0, 0.1) is 23.0 Å². The Morgan fingerprint density at radius 2 is 1.78 bits per heavy atom. The summed E-state index contributed by atoms with van der Waals surface area (Å²) in [5, 5.41) is 19.5. The molecule has 0 bridgehead atoms. The first-order valence-corrected chi connectivity index (χ1v) is 12.3. The molecule has 1 N–H and O–H groups in total. The minimum atomic E-state index is -0.518. The zero-order chi connectivity index (χ0) is 27.5. The molecule has 0 aliphatic heterocycles. The number of aromatic nitrogens is 2. The Morgan fingerprint density at radius 1 is 1.14 bits per heavy atom. The Bertz CT molecular complexity index is 1310. The molecule has 196 valence electrons. The van der Waals surface area contributed by atoms with Gasteiger partial charge in [0.2, 0.25) is 5.91 Å². The number of hydrogen-bond donors (Lipinski definition) is 1. The molecule has 37 heavy (non-hydrogen) atoms. The molecule has 9 nitrogen and oxygen atoms in total. The summed E-state index contributed by atoms with van der Waals surface area (Å²) in [6.07, 6.45) is 0. The highest BCUT2D eigenvalue weighted by Crippen LogP contribution is 2.27. The van der Waals surface area contributed by atoms with Crippen LogP contribution >= 0.6 is 11.6 Å². The quantitative estimate of drug-likeness (QED) is 0.296. The maximum Gasteiger partial charge on any atom is 0.273 e. The van der Waals surface area contributed by atoms with E-state index in [1.807, 2.05) is 40.7 Å². The van der Waals surface area contributed by atoms with Crippen LogP contribution in [0.25, 0.3) is 5.69 Å². The lowest BCUT2D eigenvalue weighted by Gasteiger charge is -2.24. The first-order chi connectivity index (χ1) is 17.3. The number of nitrogens with zero attached hydrogens (tertiary/aromatic N) is 4. The third kappa shape index (κ3) is 6.95. The van der Waals surface area contributed by atoms with Gasteiger partial charge in [-0.2, -0.15) is 5.10 Å². The molecule has 2 aromatic carbocycles. The fourth-order valence-electron chi connectivity index (χ4n) is 3.75. The number of amides is 2. The van der Waals surface area contributed by atoms with Crippen molar-refractivity contribution in [3.05, 3.63) is 80.5 Å². The van der Waals surface area contributed by atoms with Gasteiger partial charge in [-0.3, -0.25) is 19.7 Å². The Labute approximate surface area is 221 Å². The third-order valence-corrected chi connectivity index (χ3v) is 5.93. The van der Waals surface area contributed by atoms with E-state index < -0.39 is 16.7 Å². The molecule has 0 aliphatic rings. The van der Waals surface area contributed by atoms with Crippen molar-refractivity contribution in [2.75, 3.05) is 18.4 Å². The number of anilines is 1. The molecule has 0 saturated carbocycles. The highest BCUT2D eigenvalue weighted by Gasteiger charge is 2.25. The maximum atomic E-state index is 13.3. The molecule has 1 aromatic heterocycles. The van der Waals surface area contributed by atoms with Crippen LogP contribution in [0.4, 0.5) is 11.5 Å². The number of nitro benzene ring substituents is 1.